The Morgan fingerprint density at radius 3 is 2.47 bits per heavy atom. The average molecular weight is 305 g/mol. The summed E-state index contributed by atoms with van der Waals surface area (Å²) in [5.41, 5.74) is 6.21. The molecule has 0 bridgehead atoms. The zero-order valence-electron chi connectivity index (χ0n) is 11.6. The number of benzene rings is 1. The van der Waals surface area contributed by atoms with Gasteiger partial charge < -0.3 is 5.73 Å². The Labute approximate surface area is 120 Å². The molecule has 0 unspecified atom stereocenters. The molecule has 0 saturated carbocycles. The number of rotatable bonds is 6. The first-order chi connectivity index (χ1) is 8.84. The lowest BCUT2D eigenvalue weighted by Crippen LogP contribution is -2.37. The van der Waals surface area contributed by atoms with Gasteiger partial charge in [-0.2, -0.15) is 4.31 Å². The van der Waals surface area contributed by atoms with Crippen molar-refractivity contribution < 1.29 is 8.42 Å². The second kappa shape index (κ2) is 6.70. The summed E-state index contributed by atoms with van der Waals surface area (Å²) in [7, 11) is -3.49. The van der Waals surface area contributed by atoms with Crippen molar-refractivity contribution in [2.24, 2.45) is 5.73 Å². The fourth-order valence-electron chi connectivity index (χ4n) is 1.88. The molecule has 1 rings (SSSR count). The van der Waals surface area contributed by atoms with Gasteiger partial charge >= 0.3 is 0 Å². The summed E-state index contributed by atoms with van der Waals surface area (Å²) in [5, 5.41) is 0.494. The normalized spacial score (nSPS) is 12.4. The standard InChI is InChI=1S/C13H21ClN2O2S/c1-4-7-16(10(2)3)19(17,18)12-5-6-13(14)11(8-12)9-15/h5-6,8,10H,4,7,9,15H2,1-3H3. The van der Waals surface area contributed by atoms with Gasteiger partial charge in [-0.25, -0.2) is 8.42 Å². The van der Waals surface area contributed by atoms with Gasteiger partial charge in [0.15, 0.2) is 0 Å². The summed E-state index contributed by atoms with van der Waals surface area (Å²) in [5.74, 6) is 0. The lowest BCUT2D eigenvalue weighted by molar-refractivity contribution is 0.354. The second-order valence-corrected chi connectivity index (χ2v) is 6.96. The van der Waals surface area contributed by atoms with Crippen molar-refractivity contribution in [3.8, 4) is 0 Å². The highest BCUT2D eigenvalue weighted by Gasteiger charge is 2.26. The summed E-state index contributed by atoms with van der Waals surface area (Å²) in [6.45, 7) is 6.41. The number of hydrogen-bond donors (Lipinski definition) is 1. The van der Waals surface area contributed by atoms with E-state index in [0.29, 0.717) is 17.1 Å². The molecule has 0 amide bonds. The molecule has 108 valence electrons. The molecule has 0 radical (unpaired) electrons. The van der Waals surface area contributed by atoms with Crippen LogP contribution in [0.25, 0.3) is 0 Å². The molecule has 2 N–H and O–H groups in total. The van der Waals surface area contributed by atoms with Crippen molar-refractivity contribution in [3.05, 3.63) is 28.8 Å². The molecule has 4 nitrogen and oxygen atoms in total. The minimum atomic E-state index is -3.49. The van der Waals surface area contributed by atoms with Crippen LogP contribution in [-0.2, 0) is 16.6 Å². The van der Waals surface area contributed by atoms with Crippen LogP contribution in [0.2, 0.25) is 5.02 Å². The van der Waals surface area contributed by atoms with E-state index in [-0.39, 0.29) is 17.5 Å². The third kappa shape index (κ3) is 3.69. The van der Waals surface area contributed by atoms with Gasteiger partial charge in [-0.3, -0.25) is 0 Å². The number of hydrogen-bond acceptors (Lipinski definition) is 3. The van der Waals surface area contributed by atoms with Crippen LogP contribution in [0.3, 0.4) is 0 Å². The van der Waals surface area contributed by atoms with Crippen molar-refractivity contribution in [1.82, 2.24) is 4.31 Å². The molecule has 0 fully saturated rings. The van der Waals surface area contributed by atoms with Crippen molar-refractivity contribution in [1.29, 1.82) is 0 Å². The summed E-state index contributed by atoms with van der Waals surface area (Å²) in [6, 6.07) is 4.59. The van der Waals surface area contributed by atoms with Gasteiger partial charge in [0, 0.05) is 24.2 Å². The molecular formula is C13H21ClN2O2S. The summed E-state index contributed by atoms with van der Waals surface area (Å²) in [6.07, 6.45) is 0.773. The maximum atomic E-state index is 12.6. The Morgan fingerprint density at radius 1 is 1.37 bits per heavy atom. The van der Waals surface area contributed by atoms with Gasteiger partial charge in [0.1, 0.15) is 0 Å². The van der Waals surface area contributed by atoms with E-state index < -0.39 is 10.0 Å². The van der Waals surface area contributed by atoms with Crippen molar-refractivity contribution in [3.63, 3.8) is 0 Å². The maximum absolute atomic E-state index is 12.6. The number of sulfonamides is 1. The molecule has 0 heterocycles. The molecule has 6 heteroatoms. The van der Waals surface area contributed by atoms with Gasteiger partial charge in [0.25, 0.3) is 0 Å². The Hall–Kier alpha value is -0.620. The predicted molar refractivity (Wildman–Crippen MR) is 78.7 cm³/mol. The molecule has 0 saturated heterocycles. The van der Waals surface area contributed by atoms with Crippen molar-refractivity contribution >= 4 is 21.6 Å². The quantitative estimate of drug-likeness (QED) is 0.878. The smallest absolute Gasteiger partial charge is 0.243 e. The Kier molecular flexibility index (Phi) is 5.80. The highest BCUT2D eigenvalue weighted by atomic mass is 35.5. The van der Waals surface area contributed by atoms with E-state index >= 15 is 0 Å². The van der Waals surface area contributed by atoms with Crippen LogP contribution in [0.5, 0.6) is 0 Å². The Balaban J connectivity index is 3.25. The second-order valence-electron chi connectivity index (χ2n) is 4.67. The molecule has 0 aromatic heterocycles. The Morgan fingerprint density at radius 2 is 2.00 bits per heavy atom. The largest absolute Gasteiger partial charge is 0.326 e. The maximum Gasteiger partial charge on any atom is 0.243 e. The van der Waals surface area contributed by atoms with Crippen LogP contribution in [0, 0.1) is 0 Å². The van der Waals surface area contributed by atoms with Gasteiger partial charge in [-0.15, -0.1) is 0 Å². The van der Waals surface area contributed by atoms with E-state index in [4.69, 9.17) is 17.3 Å². The van der Waals surface area contributed by atoms with E-state index in [1.54, 1.807) is 12.1 Å². The molecule has 1 aromatic carbocycles. The fraction of sp³-hybridized carbons (Fsp3) is 0.538. The first kappa shape index (κ1) is 16.4. The summed E-state index contributed by atoms with van der Waals surface area (Å²) >= 11 is 5.96. The SMILES string of the molecule is CCCN(C(C)C)S(=O)(=O)c1ccc(Cl)c(CN)c1. The zero-order valence-corrected chi connectivity index (χ0v) is 13.1. The molecular weight excluding hydrogens is 284 g/mol. The van der Waals surface area contributed by atoms with Crippen LogP contribution in [0.1, 0.15) is 32.8 Å². The van der Waals surface area contributed by atoms with Crippen molar-refractivity contribution in [2.45, 2.75) is 44.7 Å². The molecule has 0 spiro atoms. The number of halogens is 1. The highest BCUT2D eigenvalue weighted by Crippen LogP contribution is 2.24. The van der Waals surface area contributed by atoms with E-state index in [2.05, 4.69) is 0 Å². The minimum absolute atomic E-state index is 0.0815. The van der Waals surface area contributed by atoms with Crippen LogP contribution >= 0.6 is 11.6 Å². The van der Waals surface area contributed by atoms with Crippen LogP contribution in [0.15, 0.2) is 23.1 Å². The summed E-state index contributed by atoms with van der Waals surface area (Å²) < 4.78 is 26.7. The topological polar surface area (TPSA) is 63.4 Å². The molecule has 0 aliphatic rings. The van der Waals surface area contributed by atoms with Gasteiger partial charge in [0.05, 0.1) is 4.90 Å². The third-order valence-electron chi connectivity index (χ3n) is 2.86. The van der Waals surface area contributed by atoms with E-state index in [9.17, 15) is 8.42 Å². The van der Waals surface area contributed by atoms with Crippen LogP contribution < -0.4 is 5.73 Å². The molecule has 0 aliphatic carbocycles. The fourth-order valence-corrected chi connectivity index (χ4v) is 3.85. The van der Waals surface area contributed by atoms with E-state index in [1.165, 1.54) is 10.4 Å². The monoisotopic (exact) mass is 304 g/mol. The first-order valence-electron chi connectivity index (χ1n) is 6.35. The molecule has 0 aliphatic heterocycles. The molecule has 0 atom stereocenters. The Bertz CT molecular complexity index is 529. The number of nitrogens with zero attached hydrogens (tertiary/aromatic N) is 1. The van der Waals surface area contributed by atoms with Gasteiger partial charge in [0.2, 0.25) is 10.0 Å². The van der Waals surface area contributed by atoms with E-state index in [0.717, 1.165) is 6.42 Å². The minimum Gasteiger partial charge on any atom is -0.326 e. The van der Waals surface area contributed by atoms with E-state index in [1.807, 2.05) is 20.8 Å². The lowest BCUT2D eigenvalue weighted by Gasteiger charge is -2.25. The zero-order chi connectivity index (χ0) is 14.6. The van der Waals surface area contributed by atoms with Crippen molar-refractivity contribution in [2.75, 3.05) is 6.54 Å². The summed E-state index contributed by atoms with van der Waals surface area (Å²) in [4.78, 5) is 0.250. The number of nitrogens with two attached hydrogens (primary N) is 1. The third-order valence-corrected chi connectivity index (χ3v) is 5.30. The lowest BCUT2D eigenvalue weighted by atomic mass is 10.2. The molecule has 1 aromatic rings. The predicted octanol–water partition coefficient (Wildman–Crippen LogP) is 2.61. The van der Waals surface area contributed by atoms with Gasteiger partial charge in [-0.05, 0) is 44.0 Å². The van der Waals surface area contributed by atoms with Gasteiger partial charge in [-0.1, -0.05) is 18.5 Å². The molecule has 19 heavy (non-hydrogen) atoms. The average Bonchev–Trinajstić information content (AvgIpc) is 2.35. The first-order valence-corrected chi connectivity index (χ1v) is 8.16. The van der Waals surface area contributed by atoms with Crippen LogP contribution in [0.4, 0.5) is 0 Å². The van der Waals surface area contributed by atoms with Crippen LogP contribution in [-0.4, -0.2) is 25.3 Å². The highest BCUT2D eigenvalue weighted by molar-refractivity contribution is 7.89.